The Hall–Kier alpha value is -2.01. The summed E-state index contributed by atoms with van der Waals surface area (Å²) >= 11 is 0. The number of primary amides is 1. The van der Waals surface area contributed by atoms with E-state index in [1.165, 1.54) is 6.33 Å². The van der Waals surface area contributed by atoms with Crippen LogP contribution in [0.3, 0.4) is 0 Å². The summed E-state index contributed by atoms with van der Waals surface area (Å²) in [5.41, 5.74) is 13.8. The van der Waals surface area contributed by atoms with Crippen molar-refractivity contribution in [2.24, 2.45) is 10.8 Å². The first-order valence-electron chi connectivity index (χ1n) is 8.55. The molecule has 7 heteroatoms. The van der Waals surface area contributed by atoms with Gasteiger partial charge in [-0.3, -0.25) is 4.79 Å². The van der Waals surface area contributed by atoms with Gasteiger partial charge in [0, 0.05) is 39.5 Å². The van der Waals surface area contributed by atoms with Crippen LogP contribution in [0.15, 0.2) is 17.6 Å². The monoisotopic (exact) mass is 203 g/mol. The molecule has 80 valence electrons. The topological polar surface area (TPSA) is 121 Å². The molecule has 0 aliphatic carbocycles. The summed E-state index contributed by atoms with van der Waals surface area (Å²) in [6, 6.07) is -0.856. The minimum Gasteiger partial charge on any atom is -0.369 e. The Morgan fingerprint density at radius 2 is 2.85 bits per heavy atom. The Balaban J connectivity index is -0.0000000634. The Morgan fingerprint density at radius 3 is 3.31 bits per heavy atom. The Morgan fingerprint density at radius 1 is 2.08 bits per heavy atom. The van der Waals surface area contributed by atoms with Gasteiger partial charge in [0.05, 0.1) is 6.33 Å². The van der Waals surface area contributed by atoms with E-state index in [0.717, 1.165) is 0 Å². The van der Waals surface area contributed by atoms with Crippen LogP contribution >= 0.6 is 0 Å². The molecule has 0 saturated carbocycles. The molecule has 1 amide bonds. The van der Waals surface area contributed by atoms with Gasteiger partial charge in [-0.2, -0.15) is 0 Å². The Bertz CT molecular complexity index is 347. The standard InChI is InChI=1S/C6H8N6O.6H2/c7-6(13)5(11-12-8)1-4-2-9-3-10-4;;;;;;/h2-3,5H,1H2,(H2,7,13)(H,9,10);6*1H/t5-;;;;;;/m0....../s1/i;5*1+1D;1+1. The van der Waals surface area contributed by atoms with Gasteiger partial charge in [0.25, 0.3) is 0 Å². The zero-order chi connectivity index (χ0) is 19.7. The summed E-state index contributed by atoms with van der Waals surface area (Å²) in [5, 5.41) is 3.26. The van der Waals surface area contributed by atoms with Crippen molar-refractivity contribution >= 4 is 5.91 Å². The number of nitrogens with one attached hydrogen (secondary N) is 1. The number of rotatable bonds is 4. The number of carbonyl (C=O) groups is 1. The minimum absolute atomic E-state index is 0. The molecule has 0 unspecified atom stereocenters. The maximum Gasteiger partial charge on any atom is 0.226 e. The van der Waals surface area contributed by atoms with Gasteiger partial charge in [0.1, 0.15) is 6.04 Å². The molecule has 13 heavy (non-hydrogen) atoms. The molecule has 0 saturated heterocycles. The van der Waals surface area contributed by atoms with Crippen LogP contribution in [0.1, 0.15) is 22.0 Å². The van der Waals surface area contributed by atoms with Crippen molar-refractivity contribution in [2.75, 3.05) is 0 Å². The third-order valence-corrected chi connectivity index (χ3v) is 1.49. The number of azide groups is 1. The van der Waals surface area contributed by atoms with Crippen molar-refractivity contribution in [3.63, 3.8) is 0 Å². The fourth-order valence-electron chi connectivity index (χ4n) is 0.865. The Kier molecular flexibility index (Phi) is 1.36. The van der Waals surface area contributed by atoms with Crippen molar-refractivity contribution in [3.05, 3.63) is 28.7 Å². The third-order valence-electron chi connectivity index (χ3n) is 1.49. The fourth-order valence-corrected chi connectivity index (χ4v) is 0.865. The van der Waals surface area contributed by atoms with E-state index < -0.39 is 11.9 Å². The predicted molar refractivity (Wildman–Crippen MR) is 57.1 cm³/mol. The van der Waals surface area contributed by atoms with Crippen LogP contribution in [0.5, 0.6) is 0 Å². The lowest BCUT2D eigenvalue weighted by atomic mass is 10.2. The molecule has 7 nitrogen and oxygen atoms in total. The molecule has 0 bridgehead atoms. The highest BCUT2D eigenvalue weighted by atomic mass is 16.1. The third kappa shape index (κ3) is 2.49. The zero-order valence-corrected chi connectivity index (χ0v) is 6.71. The molecule has 1 aromatic rings. The van der Waals surface area contributed by atoms with Crippen LogP contribution in [0.2, 0.25) is 0 Å². The maximum atomic E-state index is 10.7. The van der Waals surface area contributed by atoms with Crippen LogP contribution in [0.25, 0.3) is 10.4 Å². The summed E-state index contributed by atoms with van der Waals surface area (Å²) in [6.07, 6.45) is 3.27. The number of nitrogens with zero attached hydrogens (tertiary/aromatic N) is 4. The average Bonchev–Trinajstić information content (AvgIpc) is 3.16. The molecule has 0 aliphatic heterocycles. The molecule has 0 aliphatic rings. The molecule has 1 rings (SSSR count). The number of amides is 1. The second-order valence-electron chi connectivity index (χ2n) is 2.40. The lowest BCUT2D eigenvalue weighted by molar-refractivity contribution is -0.119. The normalized spacial score (nSPS) is 14.8. The highest BCUT2D eigenvalue weighted by Crippen LogP contribution is 2.01. The highest BCUT2D eigenvalue weighted by Gasteiger charge is 2.14. The summed E-state index contributed by atoms with van der Waals surface area (Å²) < 4.78 is 50.0. The number of hydrogen-bond donors (Lipinski definition) is 2. The van der Waals surface area contributed by atoms with Gasteiger partial charge in [-0.05, 0) is 5.53 Å². The number of aromatic nitrogens is 2. The second kappa shape index (κ2) is 4.13. The minimum atomic E-state index is -0.856. The predicted octanol–water partition coefficient (Wildman–Crippen LogP) is 1.59. The van der Waals surface area contributed by atoms with Crippen LogP contribution in [-0.2, 0) is 11.2 Å². The first-order chi connectivity index (χ1) is 11.2. The van der Waals surface area contributed by atoms with E-state index in [1.54, 1.807) is 6.20 Å². The van der Waals surface area contributed by atoms with E-state index in [4.69, 9.17) is 26.1 Å². The van der Waals surface area contributed by atoms with Crippen LogP contribution in [0.4, 0.5) is 0 Å². The molecule has 0 radical (unpaired) electrons. The van der Waals surface area contributed by atoms with Crippen molar-refractivity contribution in [1.29, 1.82) is 0 Å². The van der Waals surface area contributed by atoms with E-state index >= 15 is 0 Å². The molecule has 3 N–H and O–H groups in total. The second-order valence-corrected chi connectivity index (χ2v) is 2.40. The van der Waals surface area contributed by atoms with Crippen molar-refractivity contribution < 1.29 is 21.1 Å². The first-order valence-corrected chi connectivity index (χ1v) is 3.55. The van der Waals surface area contributed by atoms with Crippen molar-refractivity contribution in [1.82, 2.24) is 9.97 Å². The fraction of sp³-hybridized carbons (Fsp3) is 0.333. The van der Waals surface area contributed by atoms with Gasteiger partial charge < -0.3 is 10.7 Å². The van der Waals surface area contributed by atoms with E-state index in [0.29, 0.717) is 5.69 Å². The molecule has 1 atom stereocenters. The molecular formula is C6H20N6O. The summed E-state index contributed by atoms with van der Waals surface area (Å²) in [6.45, 7) is 0. The van der Waals surface area contributed by atoms with Crippen LogP contribution in [0, 0.1) is 0 Å². The van der Waals surface area contributed by atoms with E-state index in [1.807, 2.05) is 0 Å². The Labute approximate surface area is 90.5 Å². The number of H-pyrrole nitrogens is 1. The number of aromatic amines is 1. The van der Waals surface area contributed by atoms with Crippen LogP contribution < -0.4 is 5.73 Å². The molecule has 0 aromatic carbocycles. The van der Waals surface area contributed by atoms with Crippen LogP contribution in [-0.4, -0.2) is 21.9 Å². The zero-order valence-electron chi connectivity index (χ0n) is 16.7. The van der Waals surface area contributed by atoms with Gasteiger partial charge in [-0.15, -0.1) is 0 Å². The van der Waals surface area contributed by atoms with Crippen molar-refractivity contribution in [3.8, 4) is 0 Å². The van der Waals surface area contributed by atoms with Gasteiger partial charge in [-0.25, -0.2) is 4.98 Å². The van der Waals surface area contributed by atoms with Gasteiger partial charge >= 0.3 is 0 Å². The lowest BCUT2D eigenvalue weighted by Crippen LogP contribution is -2.28. The maximum absolute atomic E-state index is 10.7. The summed E-state index contributed by atoms with van der Waals surface area (Å²) in [5.74, 6) is -0.646. The van der Waals surface area contributed by atoms with Gasteiger partial charge in [0.15, 0.2) is 0 Å². The highest BCUT2D eigenvalue weighted by molar-refractivity contribution is 5.80. The van der Waals surface area contributed by atoms with E-state index in [2.05, 4.69) is 20.0 Å². The molecular weight excluding hydrogens is 172 g/mol. The number of nitrogens with two attached hydrogens (primary N) is 1. The smallest absolute Gasteiger partial charge is 0.226 e. The number of hydrogen-bond acceptors (Lipinski definition) is 3. The van der Waals surface area contributed by atoms with E-state index in [9.17, 15) is 4.79 Å². The lowest BCUT2D eigenvalue weighted by Gasteiger charge is -2.03. The van der Waals surface area contributed by atoms with E-state index in [-0.39, 0.29) is 7.85 Å². The largest absolute Gasteiger partial charge is 0.369 e. The molecule has 1 heterocycles. The molecule has 0 spiro atoms. The quantitative estimate of drug-likeness (QED) is 0.438. The first kappa shape index (κ1) is 4.29. The number of imidazole rings is 1. The summed E-state index contributed by atoms with van der Waals surface area (Å²) in [7, 11) is 0. The number of carbonyl (C=O) groups excluding carboxylic acids is 1. The van der Waals surface area contributed by atoms with Gasteiger partial charge in [-0.1, -0.05) is 5.11 Å². The average molecular weight is 203 g/mol. The SMILES string of the molecule is [2HH].[2H][2H].[2H][2H].[2H][2H].[2H][2H].[2H][2H].[N-]=[N+]=N[C@@H](Cc1cnc[nH]1)C(N)=O. The molecule has 1 aromatic heterocycles. The molecule has 0 fully saturated rings. The van der Waals surface area contributed by atoms with Gasteiger partial charge in [0.2, 0.25) is 5.91 Å². The summed E-state index contributed by atoms with van der Waals surface area (Å²) in [4.78, 5) is 19.8. The van der Waals surface area contributed by atoms with Crippen molar-refractivity contribution in [2.45, 2.75) is 12.5 Å².